The number of hydrogen-bond donors (Lipinski definition) is 3. The molecule has 0 aromatic heterocycles. The average molecular weight is 1490 g/mol. The van der Waals surface area contributed by atoms with E-state index >= 15 is 0 Å². The lowest BCUT2D eigenvalue weighted by Gasteiger charge is -2.21. The van der Waals surface area contributed by atoms with Crippen molar-refractivity contribution in [2.45, 2.75) is 446 Å². The maximum absolute atomic E-state index is 13.1. The molecule has 0 aliphatic rings. The van der Waals surface area contributed by atoms with E-state index in [-0.39, 0.29) is 25.7 Å². The monoisotopic (exact) mass is 1490 g/mol. The molecule has 3 unspecified atom stereocenters. The summed E-state index contributed by atoms with van der Waals surface area (Å²) < 4.78 is 68.8. The van der Waals surface area contributed by atoms with Crippen molar-refractivity contribution >= 4 is 39.5 Å². The van der Waals surface area contributed by atoms with E-state index in [0.29, 0.717) is 25.7 Å². The van der Waals surface area contributed by atoms with Crippen LogP contribution in [0, 0.1) is 23.7 Å². The zero-order valence-electron chi connectivity index (χ0n) is 67.2. The highest BCUT2D eigenvalue weighted by Crippen LogP contribution is 2.45. The van der Waals surface area contributed by atoms with Gasteiger partial charge in [-0.15, -0.1) is 0 Å². The van der Waals surface area contributed by atoms with Gasteiger partial charge in [0.1, 0.15) is 19.3 Å². The molecule has 17 nitrogen and oxygen atoms in total. The van der Waals surface area contributed by atoms with Crippen LogP contribution in [0.2, 0.25) is 0 Å². The fourth-order valence-corrected chi connectivity index (χ4v) is 14.3. The van der Waals surface area contributed by atoms with Crippen LogP contribution in [0.3, 0.4) is 0 Å². The van der Waals surface area contributed by atoms with E-state index in [9.17, 15) is 43.2 Å². The maximum atomic E-state index is 13.1. The van der Waals surface area contributed by atoms with Gasteiger partial charge in [-0.05, 0) is 49.4 Å². The van der Waals surface area contributed by atoms with E-state index in [4.69, 9.17) is 37.0 Å². The standard InChI is InChI=1S/C83H162O17P2/c1-9-76(8)62-54-46-41-42-48-56-64-81(86)94-70-79(100-83(88)66-58-50-40-34-28-22-21-25-31-37-45-53-61-75(6)7)72-98-102(91,92)96-68-77(84)67-95-101(89,90)97-71-78(99-82(87)65-57-49-39-33-27-20-16-12-14-18-24-30-36-44-52-60-74(4)5)69-93-80(85)63-55-47-38-32-26-19-15-11-10-13-17-23-29-35-43-51-59-73(2)3/h73-79,84H,9-72H2,1-8H3,(H,89,90)(H,91,92)/t76?,77-,78-,79-/m1/s1. The van der Waals surface area contributed by atoms with Crippen LogP contribution < -0.4 is 0 Å². The van der Waals surface area contributed by atoms with Gasteiger partial charge in [-0.1, -0.05) is 376 Å². The number of carbonyl (C=O) groups is 4. The Bertz CT molecular complexity index is 1990. The largest absolute Gasteiger partial charge is 0.472 e. The summed E-state index contributed by atoms with van der Waals surface area (Å²) in [7, 11) is -9.93. The number of unbranched alkanes of at least 4 members (excludes halogenated alkanes) is 45. The Kier molecular flexibility index (Phi) is 70.6. The number of phosphoric ester groups is 2. The minimum absolute atomic E-state index is 0.106. The van der Waals surface area contributed by atoms with Crippen LogP contribution in [-0.4, -0.2) is 96.7 Å². The lowest BCUT2D eigenvalue weighted by molar-refractivity contribution is -0.161. The van der Waals surface area contributed by atoms with E-state index in [2.05, 4.69) is 55.4 Å². The molecule has 0 spiro atoms. The third-order valence-corrected chi connectivity index (χ3v) is 21.6. The first-order chi connectivity index (χ1) is 49.1. The highest BCUT2D eigenvalue weighted by molar-refractivity contribution is 7.47. The number of carbonyl (C=O) groups excluding carboxylic acids is 4. The Morgan fingerprint density at radius 2 is 0.471 bits per heavy atom. The lowest BCUT2D eigenvalue weighted by Crippen LogP contribution is -2.30. The molecule has 0 saturated carbocycles. The van der Waals surface area contributed by atoms with Gasteiger partial charge >= 0.3 is 39.5 Å². The molecule has 0 fully saturated rings. The minimum atomic E-state index is -4.96. The quantitative estimate of drug-likeness (QED) is 0.0222. The molecule has 606 valence electrons. The Labute approximate surface area is 626 Å². The van der Waals surface area contributed by atoms with E-state index < -0.39 is 97.5 Å². The summed E-state index contributed by atoms with van der Waals surface area (Å²) in [6.07, 6.45) is 59.7. The Morgan fingerprint density at radius 1 is 0.275 bits per heavy atom. The first-order valence-corrected chi connectivity index (χ1v) is 45.7. The fourth-order valence-electron chi connectivity index (χ4n) is 12.8. The summed E-state index contributed by atoms with van der Waals surface area (Å²) in [4.78, 5) is 73.1. The molecule has 0 amide bonds. The molecule has 3 N–H and O–H groups in total. The minimum Gasteiger partial charge on any atom is -0.462 e. The number of phosphoric acid groups is 2. The van der Waals surface area contributed by atoms with Gasteiger partial charge < -0.3 is 33.8 Å². The van der Waals surface area contributed by atoms with E-state index in [0.717, 1.165) is 120 Å². The molecule has 102 heavy (non-hydrogen) atoms. The normalized spacial score (nSPS) is 14.3. The number of rotatable bonds is 80. The number of aliphatic hydroxyl groups excluding tert-OH is 1. The van der Waals surface area contributed by atoms with Crippen molar-refractivity contribution < 1.29 is 80.2 Å². The summed E-state index contributed by atoms with van der Waals surface area (Å²) in [5.41, 5.74) is 0. The molecule has 19 heteroatoms. The molecule has 0 aromatic rings. The Hall–Kier alpha value is -1.94. The number of ether oxygens (including phenoxy) is 4. The summed E-state index contributed by atoms with van der Waals surface area (Å²) in [5.74, 6) is 1.01. The number of hydrogen-bond acceptors (Lipinski definition) is 15. The zero-order chi connectivity index (χ0) is 75.3. The van der Waals surface area contributed by atoms with Gasteiger partial charge in [0.05, 0.1) is 26.4 Å². The molecule has 6 atom stereocenters. The SMILES string of the molecule is CCC(C)CCCCCCCCC(=O)OC[C@H](COP(=O)(O)OC[C@H](O)COP(=O)(O)OC[C@@H](COC(=O)CCCCCCCCCCCCCCCCCCC(C)C)OC(=O)CCCCCCCCCCCCCCCCCC(C)C)OC(=O)CCCCCCCCCCCCCCC(C)C. The first kappa shape index (κ1) is 100. The number of aliphatic hydroxyl groups is 1. The van der Waals surface area contributed by atoms with Crippen LogP contribution in [0.1, 0.15) is 428 Å². The van der Waals surface area contributed by atoms with Gasteiger partial charge in [-0.2, -0.15) is 0 Å². The summed E-state index contributed by atoms with van der Waals surface area (Å²) >= 11 is 0. The molecule has 0 bridgehead atoms. The van der Waals surface area contributed by atoms with Crippen molar-refractivity contribution in [2.75, 3.05) is 39.6 Å². The van der Waals surface area contributed by atoms with Crippen LogP contribution in [0.5, 0.6) is 0 Å². The van der Waals surface area contributed by atoms with Crippen LogP contribution >= 0.6 is 15.6 Å². The van der Waals surface area contributed by atoms with E-state index in [1.54, 1.807) is 0 Å². The van der Waals surface area contributed by atoms with Gasteiger partial charge in [0.25, 0.3) is 0 Å². The van der Waals surface area contributed by atoms with Crippen LogP contribution in [-0.2, 0) is 65.4 Å². The average Bonchev–Trinajstić information content (AvgIpc) is 0.910. The molecular weight excluding hydrogens is 1330 g/mol. The first-order valence-electron chi connectivity index (χ1n) is 42.7. The summed E-state index contributed by atoms with van der Waals surface area (Å²) in [5, 5.41) is 10.7. The predicted octanol–water partition coefficient (Wildman–Crippen LogP) is 24.8. The van der Waals surface area contributed by atoms with Crippen molar-refractivity contribution in [1.82, 2.24) is 0 Å². The van der Waals surface area contributed by atoms with Crippen LogP contribution in [0.4, 0.5) is 0 Å². The van der Waals surface area contributed by atoms with Crippen molar-refractivity contribution in [3.05, 3.63) is 0 Å². The molecule has 0 rings (SSSR count). The topological polar surface area (TPSA) is 237 Å². The molecule has 0 heterocycles. The van der Waals surface area contributed by atoms with Crippen molar-refractivity contribution in [2.24, 2.45) is 23.7 Å². The second-order valence-corrected chi connectivity index (χ2v) is 34.4. The molecule has 0 radical (unpaired) electrons. The number of esters is 4. The van der Waals surface area contributed by atoms with Gasteiger partial charge in [0, 0.05) is 25.7 Å². The van der Waals surface area contributed by atoms with Crippen molar-refractivity contribution in [1.29, 1.82) is 0 Å². The highest BCUT2D eigenvalue weighted by Gasteiger charge is 2.30. The Morgan fingerprint density at radius 3 is 0.696 bits per heavy atom. The van der Waals surface area contributed by atoms with Crippen molar-refractivity contribution in [3.8, 4) is 0 Å². The van der Waals surface area contributed by atoms with Gasteiger partial charge in [0.15, 0.2) is 12.2 Å². The van der Waals surface area contributed by atoms with Crippen LogP contribution in [0.15, 0.2) is 0 Å². The third-order valence-electron chi connectivity index (χ3n) is 19.7. The van der Waals surface area contributed by atoms with Gasteiger partial charge in [-0.3, -0.25) is 37.3 Å². The molecule has 0 saturated heterocycles. The van der Waals surface area contributed by atoms with E-state index in [1.165, 1.54) is 225 Å². The summed E-state index contributed by atoms with van der Waals surface area (Å²) in [6, 6.07) is 0. The smallest absolute Gasteiger partial charge is 0.462 e. The highest BCUT2D eigenvalue weighted by atomic mass is 31.2. The maximum Gasteiger partial charge on any atom is 0.472 e. The summed E-state index contributed by atoms with van der Waals surface area (Å²) in [6.45, 7) is 14.3. The second-order valence-electron chi connectivity index (χ2n) is 31.5. The zero-order valence-corrected chi connectivity index (χ0v) is 69.0. The van der Waals surface area contributed by atoms with Gasteiger partial charge in [-0.25, -0.2) is 9.13 Å². The van der Waals surface area contributed by atoms with Gasteiger partial charge in [0.2, 0.25) is 0 Å². The third kappa shape index (κ3) is 74.9. The van der Waals surface area contributed by atoms with Crippen LogP contribution in [0.25, 0.3) is 0 Å². The molecule has 0 aromatic carbocycles. The molecular formula is C83H162O17P2. The predicted molar refractivity (Wildman–Crippen MR) is 418 cm³/mol. The Balaban J connectivity index is 5.24. The molecule has 0 aliphatic carbocycles. The second kappa shape index (κ2) is 72.0. The molecule has 0 aliphatic heterocycles. The van der Waals surface area contributed by atoms with Crippen molar-refractivity contribution in [3.63, 3.8) is 0 Å². The fraction of sp³-hybridized carbons (Fsp3) is 0.952. The lowest BCUT2D eigenvalue weighted by atomic mass is 10.00. The van der Waals surface area contributed by atoms with E-state index in [1.807, 2.05) is 0 Å².